The predicted octanol–water partition coefficient (Wildman–Crippen LogP) is 4.64. The number of hydrogen-bond acceptors (Lipinski definition) is 1. The maximum Gasteiger partial charge on any atom is 0.194 e. The first-order chi connectivity index (χ1) is 8.90. The molecular formula is C16H14ClFO. The zero-order chi connectivity index (χ0) is 14.2. The number of hydrogen-bond donors (Lipinski definition) is 0. The van der Waals surface area contributed by atoms with E-state index in [1.807, 2.05) is 32.9 Å². The lowest BCUT2D eigenvalue weighted by molar-refractivity contribution is 0.103. The molecule has 0 aliphatic rings. The molecule has 0 fully saturated rings. The molecule has 0 saturated carbocycles. The fourth-order valence-corrected chi connectivity index (χ4v) is 2.28. The van der Waals surface area contributed by atoms with Crippen molar-refractivity contribution in [3.8, 4) is 0 Å². The van der Waals surface area contributed by atoms with Crippen molar-refractivity contribution in [1.82, 2.24) is 0 Å². The van der Waals surface area contributed by atoms with Crippen molar-refractivity contribution < 1.29 is 9.18 Å². The van der Waals surface area contributed by atoms with E-state index in [0.717, 1.165) is 22.8 Å². The van der Waals surface area contributed by atoms with Crippen LogP contribution in [0.2, 0.25) is 5.02 Å². The summed E-state index contributed by atoms with van der Waals surface area (Å²) in [5.41, 5.74) is 4.02. The van der Waals surface area contributed by atoms with E-state index in [1.165, 1.54) is 12.1 Å². The third kappa shape index (κ3) is 2.69. The number of carbonyl (C=O) groups excluding carboxylic acids is 1. The van der Waals surface area contributed by atoms with Crippen LogP contribution in [0.1, 0.15) is 32.6 Å². The zero-order valence-electron chi connectivity index (χ0n) is 11.1. The first kappa shape index (κ1) is 13.8. The minimum atomic E-state index is -0.446. The lowest BCUT2D eigenvalue weighted by atomic mass is 9.95. The average Bonchev–Trinajstić information content (AvgIpc) is 2.33. The second kappa shape index (κ2) is 5.14. The van der Waals surface area contributed by atoms with Gasteiger partial charge in [-0.3, -0.25) is 4.79 Å². The standard InChI is InChI=1S/C16H14ClFO/c1-9-6-11(3)14(7-10(9)2)16(19)13-5-4-12(18)8-15(13)17/h4-8H,1-3H3. The molecule has 3 heteroatoms. The van der Waals surface area contributed by atoms with E-state index < -0.39 is 5.82 Å². The van der Waals surface area contributed by atoms with E-state index in [1.54, 1.807) is 0 Å². The lowest BCUT2D eigenvalue weighted by Gasteiger charge is -2.10. The second-order valence-electron chi connectivity index (χ2n) is 4.70. The highest BCUT2D eigenvalue weighted by Crippen LogP contribution is 2.24. The van der Waals surface area contributed by atoms with E-state index >= 15 is 0 Å². The van der Waals surface area contributed by atoms with Gasteiger partial charge in [0.1, 0.15) is 5.82 Å². The number of benzene rings is 2. The van der Waals surface area contributed by atoms with Gasteiger partial charge in [0.15, 0.2) is 5.78 Å². The summed E-state index contributed by atoms with van der Waals surface area (Å²) >= 11 is 5.94. The van der Waals surface area contributed by atoms with Crippen molar-refractivity contribution in [2.24, 2.45) is 0 Å². The van der Waals surface area contributed by atoms with Crippen LogP contribution in [-0.4, -0.2) is 5.78 Å². The molecule has 0 aliphatic heterocycles. The van der Waals surface area contributed by atoms with Crippen molar-refractivity contribution in [1.29, 1.82) is 0 Å². The molecule has 0 N–H and O–H groups in total. The van der Waals surface area contributed by atoms with Crippen LogP contribution in [-0.2, 0) is 0 Å². The van der Waals surface area contributed by atoms with Crippen molar-refractivity contribution in [3.05, 3.63) is 69.0 Å². The summed E-state index contributed by atoms with van der Waals surface area (Å²) in [5.74, 6) is -0.621. The molecule has 98 valence electrons. The SMILES string of the molecule is Cc1cc(C)c(C(=O)c2ccc(F)cc2Cl)cc1C. The zero-order valence-corrected chi connectivity index (χ0v) is 11.8. The van der Waals surface area contributed by atoms with Crippen LogP contribution < -0.4 is 0 Å². The molecule has 2 rings (SSSR count). The van der Waals surface area contributed by atoms with Gasteiger partial charge in [0, 0.05) is 11.1 Å². The van der Waals surface area contributed by atoms with Crippen molar-refractivity contribution in [3.63, 3.8) is 0 Å². The smallest absolute Gasteiger partial charge is 0.194 e. The lowest BCUT2D eigenvalue weighted by Crippen LogP contribution is -2.06. The molecule has 0 aliphatic carbocycles. The molecule has 1 nitrogen and oxygen atoms in total. The molecular weight excluding hydrogens is 263 g/mol. The Morgan fingerprint density at radius 3 is 2.21 bits per heavy atom. The first-order valence-electron chi connectivity index (χ1n) is 5.97. The molecule has 0 radical (unpaired) electrons. The summed E-state index contributed by atoms with van der Waals surface area (Å²) in [6.07, 6.45) is 0. The summed E-state index contributed by atoms with van der Waals surface area (Å²) < 4.78 is 13.0. The van der Waals surface area contributed by atoms with E-state index in [2.05, 4.69) is 0 Å². The molecule has 0 aromatic heterocycles. The number of ketones is 1. The normalized spacial score (nSPS) is 10.6. The van der Waals surface area contributed by atoms with Crippen LogP contribution >= 0.6 is 11.6 Å². The molecule has 2 aromatic carbocycles. The van der Waals surface area contributed by atoms with E-state index in [9.17, 15) is 9.18 Å². The third-order valence-corrected chi connectivity index (χ3v) is 3.57. The molecule has 0 spiro atoms. The third-order valence-electron chi connectivity index (χ3n) is 3.26. The summed E-state index contributed by atoms with van der Waals surface area (Å²) in [6.45, 7) is 5.84. The maximum absolute atomic E-state index is 13.0. The highest BCUT2D eigenvalue weighted by atomic mass is 35.5. The predicted molar refractivity (Wildman–Crippen MR) is 75.5 cm³/mol. The van der Waals surface area contributed by atoms with Crippen molar-refractivity contribution in [2.75, 3.05) is 0 Å². The monoisotopic (exact) mass is 276 g/mol. The van der Waals surface area contributed by atoms with Crippen LogP contribution in [0, 0.1) is 26.6 Å². The topological polar surface area (TPSA) is 17.1 Å². The maximum atomic E-state index is 13.0. The van der Waals surface area contributed by atoms with Crippen molar-refractivity contribution >= 4 is 17.4 Å². The molecule has 0 amide bonds. The van der Waals surface area contributed by atoms with Crippen LogP contribution in [0.3, 0.4) is 0 Å². The number of carbonyl (C=O) groups is 1. The Kier molecular flexibility index (Phi) is 3.72. The Morgan fingerprint density at radius 1 is 0.947 bits per heavy atom. The Morgan fingerprint density at radius 2 is 1.58 bits per heavy atom. The summed E-state index contributed by atoms with van der Waals surface area (Å²) in [4.78, 5) is 12.5. The van der Waals surface area contributed by atoms with Gasteiger partial charge in [0.05, 0.1) is 5.02 Å². The quantitative estimate of drug-likeness (QED) is 0.731. The highest BCUT2D eigenvalue weighted by Gasteiger charge is 2.16. The average molecular weight is 277 g/mol. The van der Waals surface area contributed by atoms with E-state index in [-0.39, 0.29) is 10.8 Å². The summed E-state index contributed by atoms with van der Waals surface area (Å²) in [6, 6.07) is 7.65. The molecule has 0 atom stereocenters. The molecule has 0 heterocycles. The van der Waals surface area contributed by atoms with E-state index in [0.29, 0.717) is 11.1 Å². The van der Waals surface area contributed by atoms with Gasteiger partial charge in [0.2, 0.25) is 0 Å². The minimum absolute atomic E-state index is 0.141. The number of aryl methyl sites for hydroxylation is 3. The second-order valence-corrected chi connectivity index (χ2v) is 5.11. The number of rotatable bonds is 2. The molecule has 0 saturated heterocycles. The molecule has 2 aromatic rings. The Hall–Kier alpha value is -1.67. The van der Waals surface area contributed by atoms with Crippen LogP contribution in [0.25, 0.3) is 0 Å². The molecule has 0 bridgehead atoms. The van der Waals surface area contributed by atoms with Crippen LogP contribution in [0.4, 0.5) is 4.39 Å². The summed E-state index contributed by atoms with van der Waals surface area (Å²) in [5, 5.41) is 0.141. The van der Waals surface area contributed by atoms with Gasteiger partial charge in [-0.25, -0.2) is 4.39 Å². The van der Waals surface area contributed by atoms with Gasteiger partial charge in [0.25, 0.3) is 0 Å². The van der Waals surface area contributed by atoms with Gasteiger partial charge in [-0.05, 0) is 61.7 Å². The molecule has 19 heavy (non-hydrogen) atoms. The Labute approximate surface area is 117 Å². The largest absolute Gasteiger partial charge is 0.289 e. The van der Waals surface area contributed by atoms with Crippen molar-refractivity contribution in [2.45, 2.75) is 20.8 Å². The van der Waals surface area contributed by atoms with Gasteiger partial charge in [-0.2, -0.15) is 0 Å². The van der Waals surface area contributed by atoms with Gasteiger partial charge >= 0.3 is 0 Å². The fraction of sp³-hybridized carbons (Fsp3) is 0.188. The molecule has 0 unspecified atom stereocenters. The Balaban J connectivity index is 2.53. The Bertz CT molecular complexity index is 662. The van der Waals surface area contributed by atoms with Gasteiger partial charge < -0.3 is 0 Å². The van der Waals surface area contributed by atoms with E-state index in [4.69, 9.17) is 11.6 Å². The van der Waals surface area contributed by atoms with Crippen LogP contribution in [0.15, 0.2) is 30.3 Å². The minimum Gasteiger partial charge on any atom is -0.289 e. The first-order valence-corrected chi connectivity index (χ1v) is 6.35. The van der Waals surface area contributed by atoms with Crippen LogP contribution in [0.5, 0.6) is 0 Å². The van der Waals surface area contributed by atoms with Gasteiger partial charge in [-0.15, -0.1) is 0 Å². The number of halogens is 2. The summed E-state index contributed by atoms with van der Waals surface area (Å²) in [7, 11) is 0. The highest BCUT2D eigenvalue weighted by molar-refractivity contribution is 6.35. The fourth-order valence-electron chi connectivity index (χ4n) is 2.02. The van der Waals surface area contributed by atoms with Gasteiger partial charge in [-0.1, -0.05) is 17.7 Å².